The first-order chi connectivity index (χ1) is 8.08. The van der Waals surface area contributed by atoms with Gasteiger partial charge < -0.3 is 4.90 Å². The quantitative estimate of drug-likeness (QED) is 0.394. The van der Waals surface area contributed by atoms with E-state index in [4.69, 9.17) is 5.84 Å². The first-order valence-electron chi connectivity index (χ1n) is 5.36. The van der Waals surface area contributed by atoms with E-state index in [1.165, 1.54) is 6.07 Å². The number of aromatic nitrogens is 2. The maximum absolute atomic E-state index is 11.7. The van der Waals surface area contributed by atoms with Crippen LogP contribution in [0.5, 0.6) is 0 Å². The second-order valence-corrected chi connectivity index (χ2v) is 3.70. The summed E-state index contributed by atoms with van der Waals surface area (Å²) in [5.41, 5.74) is 2.36. The first kappa shape index (κ1) is 13.2. The van der Waals surface area contributed by atoms with Crippen molar-refractivity contribution in [1.82, 2.24) is 15.2 Å². The van der Waals surface area contributed by atoms with Gasteiger partial charge in [0.1, 0.15) is 6.54 Å². The molecule has 17 heavy (non-hydrogen) atoms. The Bertz CT molecular complexity index is 443. The number of carbonyl (C=O) groups excluding carboxylic acids is 1. The zero-order chi connectivity index (χ0) is 12.8. The maximum Gasteiger partial charge on any atom is 0.269 e. The fourth-order valence-electron chi connectivity index (χ4n) is 1.40. The van der Waals surface area contributed by atoms with E-state index in [1.807, 2.05) is 17.4 Å². The van der Waals surface area contributed by atoms with E-state index in [9.17, 15) is 9.59 Å². The predicted molar refractivity (Wildman–Crippen MR) is 64.4 cm³/mol. The molecule has 0 spiro atoms. The minimum absolute atomic E-state index is 0.174. The molecule has 0 unspecified atom stereocenters. The molecule has 7 nitrogen and oxygen atoms in total. The lowest BCUT2D eigenvalue weighted by Gasteiger charge is -2.17. The van der Waals surface area contributed by atoms with Crippen LogP contribution in [0.3, 0.4) is 0 Å². The average Bonchev–Trinajstić information content (AvgIpc) is 2.31. The second-order valence-electron chi connectivity index (χ2n) is 3.70. The Balaban J connectivity index is 2.86. The molecule has 1 rings (SSSR count). The number of rotatable bonds is 5. The molecule has 0 saturated carbocycles. The molecular weight excluding hydrogens is 222 g/mol. The van der Waals surface area contributed by atoms with Crippen molar-refractivity contribution in [1.29, 1.82) is 0 Å². The summed E-state index contributed by atoms with van der Waals surface area (Å²) < 4.78 is 1.06. The topological polar surface area (TPSA) is 93.2 Å². The van der Waals surface area contributed by atoms with Gasteiger partial charge in [0.05, 0.1) is 11.9 Å². The fourth-order valence-corrected chi connectivity index (χ4v) is 1.40. The molecule has 0 aromatic carbocycles. The number of nitrogens with one attached hydrogen (secondary N) is 1. The summed E-state index contributed by atoms with van der Waals surface area (Å²) >= 11 is 0. The highest BCUT2D eigenvalue weighted by molar-refractivity contribution is 5.74. The monoisotopic (exact) mass is 239 g/mol. The Kier molecular flexibility index (Phi) is 4.65. The molecule has 1 amide bonds. The molecule has 94 valence electrons. The number of nitrogens with two attached hydrogens (primary N) is 1. The highest BCUT2D eigenvalue weighted by Crippen LogP contribution is 2.06. The van der Waals surface area contributed by atoms with Crippen LogP contribution in [-0.4, -0.2) is 29.3 Å². The first-order valence-corrected chi connectivity index (χ1v) is 5.36. The van der Waals surface area contributed by atoms with E-state index in [1.54, 1.807) is 6.20 Å². The Labute approximate surface area is 99.2 Å². The highest BCUT2D eigenvalue weighted by atomic mass is 16.2. The van der Waals surface area contributed by atoms with Crippen molar-refractivity contribution in [2.24, 2.45) is 5.84 Å². The third-order valence-electron chi connectivity index (χ3n) is 2.31. The normalized spacial score (nSPS) is 10.1. The van der Waals surface area contributed by atoms with Crippen LogP contribution in [0.1, 0.15) is 13.3 Å². The molecule has 0 aliphatic carbocycles. The minimum Gasteiger partial charge on any atom is -0.373 e. The Morgan fingerprint density at radius 1 is 1.65 bits per heavy atom. The number of hydrogen-bond donors (Lipinski definition) is 2. The van der Waals surface area contributed by atoms with Gasteiger partial charge in [0.15, 0.2) is 0 Å². The van der Waals surface area contributed by atoms with E-state index in [-0.39, 0.29) is 12.1 Å². The van der Waals surface area contributed by atoms with E-state index in [0.717, 1.165) is 23.3 Å². The van der Waals surface area contributed by atoms with Crippen molar-refractivity contribution in [2.75, 3.05) is 18.5 Å². The Hall–Kier alpha value is -1.89. The van der Waals surface area contributed by atoms with Crippen molar-refractivity contribution < 1.29 is 4.79 Å². The zero-order valence-corrected chi connectivity index (χ0v) is 10.0. The molecule has 0 aliphatic rings. The van der Waals surface area contributed by atoms with Crippen LogP contribution in [0.4, 0.5) is 5.69 Å². The van der Waals surface area contributed by atoms with E-state index < -0.39 is 5.91 Å². The van der Waals surface area contributed by atoms with Gasteiger partial charge in [-0.05, 0) is 6.42 Å². The molecule has 1 aromatic heterocycles. The van der Waals surface area contributed by atoms with Crippen LogP contribution in [0.2, 0.25) is 0 Å². The Morgan fingerprint density at radius 2 is 2.35 bits per heavy atom. The highest BCUT2D eigenvalue weighted by Gasteiger charge is 2.06. The SMILES string of the molecule is CCCN(C)c1cnn(CC(=O)NN)c(=O)c1. The summed E-state index contributed by atoms with van der Waals surface area (Å²) in [6.45, 7) is 2.72. The van der Waals surface area contributed by atoms with Crippen LogP contribution >= 0.6 is 0 Å². The molecule has 0 saturated heterocycles. The van der Waals surface area contributed by atoms with Gasteiger partial charge in [-0.2, -0.15) is 5.10 Å². The van der Waals surface area contributed by atoms with Crippen LogP contribution in [0.15, 0.2) is 17.1 Å². The van der Waals surface area contributed by atoms with Crippen LogP contribution in [0.25, 0.3) is 0 Å². The van der Waals surface area contributed by atoms with Crippen molar-refractivity contribution in [3.05, 3.63) is 22.6 Å². The lowest BCUT2D eigenvalue weighted by atomic mass is 10.3. The van der Waals surface area contributed by atoms with Gasteiger partial charge in [0.25, 0.3) is 11.5 Å². The molecule has 3 N–H and O–H groups in total. The van der Waals surface area contributed by atoms with Crippen molar-refractivity contribution >= 4 is 11.6 Å². The average molecular weight is 239 g/mol. The molecule has 1 heterocycles. The van der Waals surface area contributed by atoms with Crippen LogP contribution < -0.4 is 21.7 Å². The summed E-state index contributed by atoms with van der Waals surface area (Å²) in [5, 5.41) is 3.92. The second kappa shape index (κ2) is 6.00. The molecule has 0 bridgehead atoms. The van der Waals surface area contributed by atoms with Gasteiger partial charge in [-0.1, -0.05) is 6.92 Å². The summed E-state index contributed by atoms with van der Waals surface area (Å²) in [4.78, 5) is 24.6. The Morgan fingerprint density at radius 3 is 2.88 bits per heavy atom. The zero-order valence-electron chi connectivity index (χ0n) is 10.0. The van der Waals surface area contributed by atoms with Crippen molar-refractivity contribution in [2.45, 2.75) is 19.9 Å². The van der Waals surface area contributed by atoms with Crippen LogP contribution in [-0.2, 0) is 11.3 Å². The number of hydrogen-bond acceptors (Lipinski definition) is 5. The summed E-state index contributed by atoms with van der Waals surface area (Å²) in [7, 11) is 1.89. The number of anilines is 1. The van der Waals surface area contributed by atoms with E-state index in [0.29, 0.717) is 0 Å². The van der Waals surface area contributed by atoms with Crippen LogP contribution in [0, 0.1) is 0 Å². The maximum atomic E-state index is 11.7. The van der Waals surface area contributed by atoms with Gasteiger partial charge >= 0.3 is 0 Å². The lowest BCUT2D eigenvalue weighted by Crippen LogP contribution is -2.37. The van der Waals surface area contributed by atoms with Gasteiger partial charge in [0.2, 0.25) is 0 Å². The van der Waals surface area contributed by atoms with Gasteiger partial charge in [-0.25, -0.2) is 10.5 Å². The molecule has 1 aromatic rings. The van der Waals surface area contributed by atoms with Gasteiger partial charge in [-0.3, -0.25) is 15.0 Å². The largest absolute Gasteiger partial charge is 0.373 e. The third kappa shape index (κ3) is 3.56. The summed E-state index contributed by atoms with van der Waals surface area (Å²) in [6.07, 6.45) is 2.54. The fraction of sp³-hybridized carbons (Fsp3) is 0.500. The molecule has 0 radical (unpaired) electrons. The molecule has 7 heteroatoms. The molecule has 0 atom stereocenters. The van der Waals surface area contributed by atoms with Gasteiger partial charge in [0, 0.05) is 19.7 Å². The van der Waals surface area contributed by atoms with E-state index >= 15 is 0 Å². The number of hydrazine groups is 1. The number of nitrogens with zero attached hydrogens (tertiary/aromatic N) is 3. The summed E-state index contributed by atoms with van der Waals surface area (Å²) in [5.74, 6) is 4.47. The summed E-state index contributed by atoms with van der Waals surface area (Å²) in [6, 6.07) is 1.45. The standard InChI is InChI=1S/C10H17N5O2/c1-3-4-14(2)8-5-10(17)15(12-6-8)7-9(16)13-11/h5-6H,3-4,7,11H2,1-2H3,(H,13,16). The van der Waals surface area contributed by atoms with Crippen molar-refractivity contribution in [3.63, 3.8) is 0 Å². The third-order valence-corrected chi connectivity index (χ3v) is 2.31. The number of amides is 1. The smallest absolute Gasteiger partial charge is 0.269 e. The lowest BCUT2D eigenvalue weighted by molar-refractivity contribution is -0.122. The predicted octanol–water partition coefficient (Wildman–Crippen LogP) is -0.921. The van der Waals surface area contributed by atoms with E-state index in [2.05, 4.69) is 12.0 Å². The molecule has 0 fully saturated rings. The van der Waals surface area contributed by atoms with Gasteiger partial charge in [-0.15, -0.1) is 0 Å². The van der Waals surface area contributed by atoms with Crippen molar-refractivity contribution in [3.8, 4) is 0 Å². The number of carbonyl (C=O) groups is 1. The molecular formula is C10H17N5O2. The minimum atomic E-state index is -0.464. The molecule has 0 aliphatic heterocycles.